The van der Waals surface area contributed by atoms with E-state index in [2.05, 4.69) is 83.9 Å². The van der Waals surface area contributed by atoms with Crippen LogP contribution in [0, 0.1) is 0 Å². The maximum Gasteiger partial charge on any atom is -1.00 e. The van der Waals surface area contributed by atoms with Gasteiger partial charge in [0.2, 0.25) is 0 Å². The van der Waals surface area contributed by atoms with E-state index in [0.29, 0.717) is 6.04 Å². The first-order valence-corrected chi connectivity index (χ1v) is 9.88. The fourth-order valence-corrected chi connectivity index (χ4v) is 3.91. The van der Waals surface area contributed by atoms with Crippen LogP contribution in [0.15, 0.2) is 65.7 Å². The van der Waals surface area contributed by atoms with Crippen LogP contribution in [0.4, 0.5) is 0 Å². The topological polar surface area (TPSA) is 18.6 Å². The van der Waals surface area contributed by atoms with Crippen molar-refractivity contribution in [3.8, 4) is 0 Å². The summed E-state index contributed by atoms with van der Waals surface area (Å²) in [6.45, 7) is 4.08. The van der Waals surface area contributed by atoms with Gasteiger partial charge in [-0.1, -0.05) is 0 Å². The molecule has 2 aliphatic heterocycles. The van der Waals surface area contributed by atoms with Gasteiger partial charge in [0.05, 0.1) is 12.9 Å². The van der Waals surface area contributed by atoms with Crippen LogP contribution in [-0.4, -0.2) is 65.9 Å². The van der Waals surface area contributed by atoms with Crippen LogP contribution in [0.5, 0.6) is 0 Å². The molecule has 0 spiro atoms. The first-order chi connectivity index (χ1) is 13.1. The van der Waals surface area contributed by atoms with Crippen molar-refractivity contribution in [3.05, 3.63) is 71.8 Å². The van der Waals surface area contributed by atoms with E-state index >= 15 is 0 Å². The molecule has 2 heterocycles. The van der Waals surface area contributed by atoms with Crippen molar-refractivity contribution in [3.63, 3.8) is 0 Å². The number of hydrogen-bond acceptors (Lipinski definition) is 2. The van der Waals surface area contributed by atoms with Crippen molar-refractivity contribution in [1.82, 2.24) is 4.90 Å². The minimum atomic E-state index is 0. The zero-order valence-electron chi connectivity index (χ0n) is 16.9. The second-order valence-corrected chi connectivity index (χ2v) is 7.92. The molecule has 0 N–H and O–H groups in total. The van der Waals surface area contributed by atoms with Gasteiger partial charge in [-0.05, 0) is 0 Å². The van der Waals surface area contributed by atoms with Crippen molar-refractivity contribution >= 4 is 12.7 Å². The number of quaternary nitrogens is 1. The minimum Gasteiger partial charge on any atom is -1.00 e. The van der Waals surface area contributed by atoms with Crippen molar-refractivity contribution in [1.29, 1.82) is 0 Å². The van der Waals surface area contributed by atoms with Crippen LogP contribution in [0.25, 0.3) is 0 Å². The molecule has 2 aromatic carbocycles. The molecule has 4 rings (SSSR count). The predicted octanol–water partition coefficient (Wildman–Crippen LogP) is -3.10. The summed E-state index contributed by atoms with van der Waals surface area (Å²) in [4.78, 5) is 6.03. The summed E-state index contributed by atoms with van der Waals surface area (Å²) in [7, 11) is 4.31. The second kappa shape index (κ2) is 12.7. The van der Waals surface area contributed by atoms with Gasteiger partial charge in [0.15, 0.2) is 0 Å². The summed E-state index contributed by atoms with van der Waals surface area (Å²) in [6, 6.07) is 21.9. The Balaban J connectivity index is 0.000000455. The predicted molar refractivity (Wildman–Crippen MR) is 108 cm³/mol. The van der Waals surface area contributed by atoms with Gasteiger partial charge in [0, 0.05) is 13.6 Å². The molecule has 7 heteroatoms. The fraction of sp³-hybridized carbons (Fsp3) is 0.364. The summed E-state index contributed by atoms with van der Waals surface area (Å²) in [5.74, 6) is 0. The van der Waals surface area contributed by atoms with Crippen molar-refractivity contribution in [2.24, 2.45) is 4.99 Å². The van der Waals surface area contributed by atoms with E-state index in [1.165, 1.54) is 11.1 Å². The molecular formula is C22H29Br2CuN4+2. The molecule has 2 aliphatic rings. The number of hydrogen-bond donors (Lipinski definition) is 0. The minimum absolute atomic E-state index is 0. The molecular weight excluding hydrogens is 544 g/mol. The van der Waals surface area contributed by atoms with E-state index in [9.17, 15) is 0 Å². The number of halogens is 2. The Kier molecular flexibility index (Phi) is 11.4. The van der Waals surface area contributed by atoms with Gasteiger partial charge >= 0.3 is 135 Å². The zero-order valence-corrected chi connectivity index (χ0v) is 21.0. The zero-order chi connectivity index (χ0) is 19.1. The summed E-state index contributed by atoms with van der Waals surface area (Å²) in [6.07, 6.45) is 5.07. The van der Waals surface area contributed by atoms with E-state index < -0.39 is 0 Å². The molecule has 0 radical (unpaired) electrons. The molecule has 160 valence electrons. The maximum absolute atomic E-state index is 5.51. The molecule has 0 saturated heterocycles. The number of likely N-dealkylation sites (N-methyl/N-ethyl adjacent to an activating group) is 2. The molecule has 29 heavy (non-hydrogen) atoms. The third-order valence-electron chi connectivity index (χ3n) is 5.19. The summed E-state index contributed by atoms with van der Waals surface area (Å²) < 4.78 is 2.76. The monoisotopic (exact) mass is 570 g/mol. The molecule has 2 unspecified atom stereocenters. The number of aliphatic imine (C=N–C) groups is 1. The second-order valence-electron chi connectivity index (χ2n) is 7.38. The Bertz CT molecular complexity index is 786. The van der Waals surface area contributed by atoms with Gasteiger partial charge in [-0.15, -0.1) is 0 Å². The Morgan fingerprint density at radius 3 is 2.14 bits per heavy atom. The molecule has 0 bridgehead atoms. The van der Waals surface area contributed by atoms with Crippen LogP contribution in [0.2, 0.25) is 0 Å². The van der Waals surface area contributed by atoms with Crippen LogP contribution in [0.1, 0.15) is 17.2 Å². The third kappa shape index (κ3) is 7.65. The quantitative estimate of drug-likeness (QED) is 0.281. The van der Waals surface area contributed by atoms with Crippen LogP contribution in [-0.2, 0) is 22.7 Å². The number of rotatable bonds is 4. The number of nitrogens with zero attached hydrogens (tertiary/aromatic N) is 4. The van der Waals surface area contributed by atoms with E-state index in [4.69, 9.17) is 16.2 Å². The summed E-state index contributed by atoms with van der Waals surface area (Å²) in [5.41, 5.74) is 2.75. The first-order valence-electron chi connectivity index (χ1n) is 9.46. The standard InChI is InChI=1S/C18H21N2.C4H8N2.2BrH.Cu/c1-20(13-12-19-15-20)18(17-10-6-3-7-11-17)14-16-8-4-2-5-9-16;1-6-3-2-5-4-6;;;/h2-11,15,18H,12-14H2,1H3;4H,2-3H2,1H3;2*1H;/q+1;;;;+3/p-2. The van der Waals surface area contributed by atoms with E-state index in [1.54, 1.807) is 0 Å². The average molecular weight is 573 g/mol. The van der Waals surface area contributed by atoms with Crippen molar-refractivity contribution in [2.45, 2.75) is 12.5 Å². The van der Waals surface area contributed by atoms with Crippen molar-refractivity contribution in [2.75, 3.05) is 40.3 Å². The van der Waals surface area contributed by atoms with Gasteiger partial charge in [-0.2, -0.15) is 0 Å². The molecule has 0 amide bonds. The van der Waals surface area contributed by atoms with Gasteiger partial charge in [-0.25, -0.2) is 0 Å². The Morgan fingerprint density at radius 1 is 1.07 bits per heavy atom. The Hall–Kier alpha value is -0.981. The van der Waals surface area contributed by atoms with Crippen LogP contribution in [0.3, 0.4) is 0 Å². The van der Waals surface area contributed by atoms with Crippen LogP contribution < -0.4 is 34.0 Å². The Morgan fingerprint density at radius 2 is 1.69 bits per heavy atom. The molecule has 2 atom stereocenters. The van der Waals surface area contributed by atoms with Gasteiger partial charge in [0.1, 0.15) is 0 Å². The smallest absolute Gasteiger partial charge is 1.00 e. The SMILES string of the molecule is CN1C=NCC1.C[N+]1(C(Cc2ccccc2)c2ccccc2)C=[N+]([Cu+2])CC1.[Br-].[Br-]. The average Bonchev–Trinajstić information content (AvgIpc) is 3.31. The van der Waals surface area contributed by atoms with Crippen LogP contribution >= 0.6 is 0 Å². The maximum atomic E-state index is 5.51. The third-order valence-corrected chi connectivity index (χ3v) is 5.51. The molecule has 0 aliphatic carbocycles. The fourth-order valence-electron chi connectivity index (χ4n) is 3.57. The summed E-state index contributed by atoms with van der Waals surface area (Å²) in [5, 5.41) is 0. The molecule has 2 aromatic rings. The molecule has 0 aromatic heterocycles. The van der Waals surface area contributed by atoms with E-state index in [1.807, 2.05) is 17.0 Å². The van der Waals surface area contributed by atoms with Gasteiger partial charge < -0.3 is 38.9 Å². The van der Waals surface area contributed by atoms with E-state index in [-0.39, 0.29) is 34.0 Å². The van der Waals surface area contributed by atoms with Gasteiger partial charge in [0.25, 0.3) is 0 Å². The largest absolute Gasteiger partial charge is 1.00 e. The molecule has 0 fully saturated rings. The van der Waals surface area contributed by atoms with Gasteiger partial charge in [-0.3, -0.25) is 4.99 Å². The normalized spacial score (nSPS) is 20.7. The van der Waals surface area contributed by atoms with Crippen molar-refractivity contribution < 1.29 is 58.3 Å². The molecule has 0 saturated carbocycles. The Labute approximate surface area is 204 Å². The first kappa shape index (κ1) is 26.1. The number of benzene rings is 2. The summed E-state index contributed by atoms with van der Waals surface area (Å²) >= 11 is 5.51. The molecule has 4 nitrogen and oxygen atoms in total. The van der Waals surface area contributed by atoms with E-state index in [0.717, 1.165) is 37.1 Å².